The highest BCUT2D eigenvalue weighted by atomic mass is 19.1. The minimum absolute atomic E-state index is 0.314. The molecule has 31 heavy (non-hydrogen) atoms. The lowest BCUT2D eigenvalue weighted by Gasteiger charge is -2.18. The van der Waals surface area contributed by atoms with E-state index < -0.39 is 74.8 Å². The Morgan fingerprint density at radius 1 is 1.06 bits per heavy atom. The van der Waals surface area contributed by atoms with Crippen LogP contribution in [0, 0.1) is 23.3 Å². The number of aliphatic hydroxyl groups is 1. The second kappa shape index (κ2) is 7.16. The summed E-state index contributed by atoms with van der Waals surface area (Å²) in [6, 6.07) is 1.24. The van der Waals surface area contributed by atoms with Gasteiger partial charge in [-0.3, -0.25) is 19.1 Å². The zero-order valence-corrected chi connectivity index (χ0v) is 15.3. The highest BCUT2D eigenvalue weighted by molar-refractivity contribution is 5.97. The summed E-state index contributed by atoms with van der Waals surface area (Å²) in [5.41, 5.74) is -3.68. The van der Waals surface area contributed by atoms with E-state index in [1.165, 1.54) is 0 Å². The lowest BCUT2D eigenvalue weighted by atomic mass is 10.1. The number of aliphatic hydroxyl groups excluding tert-OH is 1. The van der Waals surface area contributed by atoms with Crippen LogP contribution >= 0.6 is 0 Å². The van der Waals surface area contributed by atoms with Crippen molar-refractivity contribution in [2.45, 2.75) is 12.5 Å². The Kier molecular flexibility index (Phi) is 4.73. The number of fused-ring (bicyclic) bond motifs is 1. The van der Waals surface area contributed by atoms with Gasteiger partial charge in [0.25, 0.3) is 0 Å². The maximum absolute atomic E-state index is 14.7. The number of anilines is 1. The van der Waals surface area contributed by atoms with Crippen molar-refractivity contribution in [1.82, 2.24) is 9.55 Å². The monoisotopic (exact) mass is 437 g/mol. The number of β-amino-alcohol motifs (C(OH)–C–C–N with tert-alkyl or cyclic N) is 1. The number of carboxylic acids is 1. The maximum atomic E-state index is 14.7. The number of rotatable bonds is 3. The van der Waals surface area contributed by atoms with E-state index in [1.807, 2.05) is 0 Å². The number of benzene rings is 1. The van der Waals surface area contributed by atoms with E-state index in [0.29, 0.717) is 29.0 Å². The largest absolute Gasteiger partial charge is 0.477 e. The van der Waals surface area contributed by atoms with E-state index in [1.54, 1.807) is 0 Å². The number of amides is 1. The molecule has 1 unspecified atom stereocenters. The standard InChI is InChI=1S/C19H11F4N3O5/c20-7-1-11(21)15(12(22)2-7)26-6-10(19(30)31)16(29)9-4-13(23)18(24-17(9)26)25-5-8(27)3-14(25)28/h1-2,4,6,8,27H,3,5H2,(H,30,31). The Hall–Kier alpha value is -3.80. The molecule has 1 amide bonds. The third-order valence-electron chi connectivity index (χ3n) is 4.73. The van der Waals surface area contributed by atoms with Gasteiger partial charge in [-0.05, 0) is 6.07 Å². The SMILES string of the molecule is O=C(O)c1cn(-c2c(F)cc(F)cc2F)c2nc(N3CC(O)CC3=O)c(F)cc2c1=O. The molecule has 0 radical (unpaired) electrons. The zero-order valence-electron chi connectivity index (χ0n) is 15.3. The summed E-state index contributed by atoms with van der Waals surface area (Å²) >= 11 is 0. The average molecular weight is 437 g/mol. The molecule has 1 atom stereocenters. The van der Waals surface area contributed by atoms with Crippen molar-refractivity contribution in [2.75, 3.05) is 11.4 Å². The number of hydrogen-bond acceptors (Lipinski definition) is 5. The number of carbonyl (C=O) groups is 2. The van der Waals surface area contributed by atoms with Gasteiger partial charge in [-0.1, -0.05) is 0 Å². The van der Waals surface area contributed by atoms with Crippen LogP contribution < -0.4 is 10.3 Å². The molecule has 0 saturated carbocycles. The Morgan fingerprint density at radius 2 is 1.71 bits per heavy atom. The third kappa shape index (κ3) is 3.30. The molecule has 0 spiro atoms. The first-order valence-electron chi connectivity index (χ1n) is 8.71. The molecule has 1 aliphatic rings. The van der Waals surface area contributed by atoms with E-state index in [4.69, 9.17) is 0 Å². The van der Waals surface area contributed by atoms with Gasteiger partial charge in [-0.15, -0.1) is 0 Å². The first-order valence-corrected chi connectivity index (χ1v) is 8.71. The van der Waals surface area contributed by atoms with Crippen LogP contribution in [0.25, 0.3) is 16.7 Å². The van der Waals surface area contributed by atoms with Crippen molar-refractivity contribution in [3.05, 3.63) is 63.5 Å². The molecular weight excluding hydrogens is 426 g/mol. The molecule has 1 aromatic carbocycles. The van der Waals surface area contributed by atoms with Gasteiger partial charge in [0.15, 0.2) is 28.9 Å². The maximum Gasteiger partial charge on any atom is 0.341 e. The van der Waals surface area contributed by atoms with Crippen molar-refractivity contribution < 1.29 is 37.4 Å². The van der Waals surface area contributed by atoms with Crippen molar-refractivity contribution in [1.29, 1.82) is 0 Å². The molecular formula is C19H11F4N3O5. The minimum atomic E-state index is -1.76. The van der Waals surface area contributed by atoms with E-state index in [0.717, 1.165) is 4.90 Å². The van der Waals surface area contributed by atoms with E-state index in [-0.39, 0.29) is 13.0 Å². The first kappa shape index (κ1) is 20.5. The highest BCUT2D eigenvalue weighted by Gasteiger charge is 2.33. The lowest BCUT2D eigenvalue weighted by molar-refractivity contribution is -0.117. The summed E-state index contributed by atoms with van der Waals surface area (Å²) < 4.78 is 57.4. The van der Waals surface area contributed by atoms with Gasteiger partial charge in [-0.2, -0.15) is 0 Å². The summed E-state index contributed by atoms with van der Waals surface area (Å²) in [5, 5.41) is 18.3. The molecule has 1 fully saturated rings. The summed E-state index contributed by atoms with van der Waals surface area (Å²) in [5.74, 6) is -8.41. The average Bonchev–Trinajstić information content (AvgIpc) is 3.00. The topological polar surface area (TPSA) is 113 Å². The number of carbonyl (C=O) groups excluding carboxylic acids is 1. The number of nitrogens with zero attached hydrogens (tertiary/aromatic N) is 3. The molecule has 0 aliphatic carbocycles. The highest BCUT2D eigenvalue weighted by Crippen LogP contribution is 2.28. The van der Waals surface area contributed by atoms with Gasteiger partial charge in [0, 0.05) is 18.3 Å². The fourth-order valence-electron chi connectivity index (χ4n) is 3.38. The molecule has 3 aromatic rings. The van der Waals surface area contributed by atoms with Crippen LogP contribution in [0.5, 0.6) is 0 Å². The molecule has 4 rings (SSSR count). The number of carboxylic acid groups (broad SMARTS) is 1. The predicted octanol–water partition coefficient (Wildman–Crippen LogP) is 1.74. The van der Waals surface area contributed by atoms with Crippen LogP contribution in [0.2, 0.25) is 0 Å². The van der Waals surface area contributed by atoms with Crippen molar-refractivity contribution >= 4 is 28.7 Å². The summed E-state index contributed by atoms with van der Waals surface area (Å²) in [4.78, 5) is 40.6. The number of aromatic nitrogens is 2. The normalized spacial score (nSPS) is 16.4. The number of hydrogen-bond donors (Lipinski definition) is 2. The van der Waals surface area contributed by atoms with Crippen LogP contribution in [-0.4, -0.2) is 44.3 Å². The quantitative estimate of drug-likeness (QED) is 0.604. The van der Waals surface area contributed by atoms with Crippen LogP contribution in [0.15, 0.2) is 29.2 Å². The summed E-state index contributed by atoms with van der Waals surface area (Å²) in [6.45, 7) is -0.315. The second-order valence-corrected chi connectivity index (χ2v) is 6.79. The van der Waals surface area contributed by atoms with Crippen molar-refractivity contribution in [3.63, 3.8) is 0 Å². The molecule has 1 aliphatic heterocycles. The van der Waals surface area contributed by atoms with Gasteiger partial charge >= 0.3 is 5.97 Å². The fourth-order valence-corrected chi connectivity index (χ4v) is 3.38. The number of halogens is 4. The fraction of sp³-hybridized carbons (Fsp3) is 0.158. The Morgan fingerprint density at radius 3 is 2.26 bits per heavy atom. The lowest BCUT2D eigenvalue weighted by Crippen LogP contribution is -2.28. The van der Waals surface area contributed by atoms with Crippen LogP contribution in [0.3, 0.4) is 0 Å². The van der Waals surface area contributed by atoms with Gasteiger partial charge in [0.1, 0.15) is 17.1 Å². The molecule has 0 bridgehead atoms. The Labute approximate surface area is 169 Å². The molecule has 160 valence electrons. The molecule has 3 heterocycles. The molecule has 1 saturated heterocycles. The molecule has 2 aromatic heterocycles. The summed E-state index contributed by atoms with van der Waals surface area (Å²) in [7, 11) is 0. The molecule has 8 nitrogen and oxygen atoms in total. The van der Waals surface area contributed by atoms with Gasteiger partial charge in [0.05, 0.1) is 24.5 Å². The molecule has 12 heteroatoms. The van der Waals surface area contributed by atoms with Gasteiger partial charge in [-0.25, -0.2) is 27.3 Å². The summed E-state index contributed by atoms with van der Waals surface area (Å²) in [6.07, 6.45) is -0.847. The van der Waals surface area contributed by atoms with Gasteiger partial charge < -0.3 is 10.2 Å². The van der Waals surface area contributed by atoms with Crippen LogP contribution in [0.1, 0.15) is 16.8 Å². The molecule has 2 N–H and O–H groups in total. The van der Waals surface area contributed by atoms with E-state index in [2.05, 4.69) is 4.98 Å². The minimum Gasteiger partial charge on any atom is -0.477 e. The predicted molar refractivity (Wildman–Crippen MR) is 97.1 cm³/mol. The number of aromatic carboxylic acids is 1. The smallest absolute Gasteiger partial charge is 0.341 e. The van der Waals surface area contributed by atoms with Gasteiger partial charge in [0.2, 0.25) is 11.3 Å². The Balaban J connectivity index is 2.11. The van der Waals surface area contributed by atoms with Crippen LogP contribution in [0.4, 0.5) is 23.4 Å². The van der Waals surface area contributed by atoms with E-state index >= 15 is 0 Å². The Bertz CT molecular complexity index is 1320. The number of pyridine rings is 2. The third-order valence-corrected chi connectivity index (χ3v) is 4.73. The van der Waals surface area contributed by atoms with Crippen molar-refractivity contribution in [2.24, 2.45) is 0 Å². The van der Waals surface area contributed by atoms with Crippen LogP contribution in [-0.2, 0) is 4.79 Å². The van der Waals surface area contributed by atoms with Crippen molar-refractivity contribution in [3.8, 4) is 5.69 Å². The second-order valence-electron chi connectivity index (χ2n) is 6.79. The zero-order chi connectivity index (χ0) is 22.6. The first-order chi connectivity index (χ1) is 14.6. The van der Waals surface area contributed by atoms with E-state index in [9.17, 15) is 42.2 Å².